The molecular formula is C22H22ClN5O. The number of aryl methyl sites for hydroxylation is 1. The van der Waals surface area contributed by atoms with E-state index in [1.54, 1.807) is 17.1 Å². The summed E-state index contributed by atoms with van der Waals surface area (Å²) in [6.45, 7) is 1.96. The first kappa shape index (κ1) is 19.1. The van der Waals surface area contributed by atoms with Crippen LogP contribution >= 0.6 is 11.6 Å². The van der Waals surface area contributed by atoms with E-state index in [1.165, 1.54) is 0 Å². The third kappa shape index (κ3) is 4.43. The second-order valence-electron chi connectivity index (χ2n) is 6.78. The van der Waals surface area contributed by atoms with Gasteiger partial charge in [-0.2, -0.15) is 0 Å². The summed E-state index contributed by atoms with van der Waals surface area (Å²) in [4.78, 5) is 19.8. The highest BCUT2D eigenvalue weighted by atomic mass is 35.5. The van der Waals surface area contributed by atoms with Crippen LogP contribution in [-0.2, 0) is 19.6 Å². The minimum absolute atomic E-state index is 0.152. The number of hydrogen-bond acceptors (Lipinski definition) is 3. The van der Waals surface area contributed by atoms with Crippen molar-refractivity contribution < 1.29 is 0 Å². The first-order chi connectivity index (χ1) is 14.2. The summed E-state index contributed by atoms with van der Waals surface area (Å²) in [5, 5.41) is 3.98. The average molecular weight is 408 g/mol. The van der Waals surface area contributed by atoms with Gasteiger partial charge >= 0.3 is 5.69 Å². The molecule has 4 aromatic rings. The van der Waals surface area contributed by atoms with E-state index in [1.807, 2.05) is 65.4 Å². The Morgan fingerprint density at radius 2 is 1.83 bits per heavy atom. The van der Waals surface area contributed by atoms with Crippen LogP contribution < -0.4 is 11.0 Å². The largest absolute Gasteiger partial charge is 0.366 e. The Labute approximate surface area is 173 Å². The Balaban J connectivity index is 1.63. The van der Waals surface area contributed by atoms with Crippen molar-refractivity contribution in [1.29, 1.82) is 0 Å². The molecule has 0 saturated carbocycles. The lowest BCUT2D eigenvalue weighted by Gasteiger charge is -2.13. The van der Waals surface area contributed by atoms with E-state index in [2.05, 4.69) is 15.3 Å². The van der Waals surface area contributed by atoms with Gasteiger partial charge in [0.15, 0.2) is 0 Å². The Bertz CT molecular complexity index is 1120. The fourth-order valence-corrected chi connectivity index (χ4v) is 3.59. The number of nitrogens with one attached hydrogen (secondary N) is 2. The van der Waals surface area contributed by atoms with E-state index in [0.29, 0.717) is 23.9 Å². The van der Waals surface area contributed by atoms with Gasteiger partial charge in [0.05, 0.1) is 17.0 Å². The normalized spacial score (nSPS) is 10.9. The first-order valence-corrected chi connectivity index (χ1v) is 9.91. The fraction of sp³-hybridized carbons (Fsp3) is 0.182. The minimum atomic E-state index is -0.152. The highest BCUT2D eigenvalue weighted by Crippen LogP contribution is 2.32. The topological polar surface area (TPSA) is 67.6 Å². The van der Waals surface area contributed by atoms with Crippen LogP contribution in [0, 0.1) is 0 Å². The second-order valence-corrected chi connectivity index (χ2v) is 7.19. The van der Waals surface area contributed by atoms with Gasteiger partial charge in [-0.15, -0.1) is 0 Å². The van der Waals surface area contributed by atoms with Crippen LogP contribution in [-0.4, -0.2) is 19.1 Å². The van der Waals surface area contributed by atoms with E-state index in [4.69, 9.17) is 11.6 Å². The number of imidazole rings is 2. The van der Waals surface area contributed by atoms with Gasteiger partial charge in [0.25, 0.3) is 0 Å². The lowest BCUT2D eigenvalue weighted by molar-refractivity contribution is 0.557. The predicted molar refractivity (Wildman–Crippen MR) is 116 cm³/mol. The molecule has 6 nitrogen and oxygen atoms in total. The smallest absolute Gasteiger partial charge is 0.327 e. The lowest BCUT2D eigenvalue weighted by Crippen LogP contribution is -2.18. The van der Waals surface area contributed by atoms with Gasteiger partial charge in [-0.25, -0.2) is 9.78 Å². The second kappa shape index (κ2) is 8.84. The van der Waals surface area contributed by atoms with Crippen molar-refractivity contribution >= 4 is 17.4 Å². The predicted octanol–water partition coefficient (Wildman–Crippen LogP) is 4.40. The zero-order valence-corrected chi connectivity index (χ0v) is 16.6. The number of nitrogens with zero attached hydrogens (tertiary/aromatic N) is 3. The summed E-state index contributed by atoms with van der Waals surface area (Å²) >= 11 is 6.47. The molecule has 0 aliphatic heterocycles. The van der Waals surface area contributed by atoms with Crippen LogP contribution in [0.2, 0.25) is 5.02 Å². The van der Waals surface area contributed by atoms with Gasteiger partial charge in [-0.1, -0.05) is 60.1 Å². The minimum Gasteiger partial charge on any atom is -0.366 e. The van der Waals surface area contributed by atoms with E-state index in [-0.39, 0.29) is 5.69 Å². The number of halogens is 1. The molecule has 0 bridgehead atoms. The molecule has 7 heteroatoms. The molecule has 0 saturated heterocycles. The summed E-state index contributed by atoms with van der Waals surface area (Å²) in [5.41, 5.74) is 2.58. The Kier molecular flexibility index (Phi) is 5.81. The molecule has 0 fully saturated rings. The zero-order valence-electron chi connectivity index (χ0n) is 15.9. The molecule has 2 aromatic heterocycles. The number of rotatable bonds is 8. The van der Waals surface area contributed by atoms with E-state index in [9.17, 15) is 4.79 Å². The molecule has 2 aromatic carbocycles. The molecular weight excluding hydrogens is 386 g/mol. The molecule has 2 N–H and O–H groups in total. The SMILES string of the molecule is O=c1[nH]c(NCc2ccccc2)c(-c2ccccc2Cl)n1CCCn1ccnc1. The highest BCUT2D eigenvalue weighted by Gasteiger charge is 2.18. The van der Waals surface area contributed by atoms with Crippen molar-refractivity contribution in [1.82, 2.24) is 19.1 Å². The number of benzene rings is 2. The van der Waals surface area contributed by atoms with Crippen molar-refractivity contribution in [3.63, 3.8) is 0 Å². The molecule has 0 unspecified atom stereocenters. The van der Waals surface area contributed by atoms with Crippen LogP contribution in [0.3, 0.4) is 0 Å². The Morgan fingerprint density at radius 1 is 1.03 bits per heavy atom. The first-order valence-electron chi connectivity index (χ1n) is 9.53. The van der Waals surface area contributed by atoms with Crippen LogP contribution in [0.25, 0.3) is 11.3 Å². The van der Waals surface area contributed by atoms with Crippen molar-refractivity contribution in [2.45, 2.75) is 26.1 Å². The van der Waals surface area contributed by atoms with E-state index in [0.717, 1.165) is 29.8 Å². The molecule has 0 amide bonds. The number of H-pyrrole nitrogens is 1. The maximum atomic E-state index is 12.8. The van der Waals surface area contributed by atoms with Crippen LogP contribution in [0.1, 0.15) is 12.0 Å². The third-order valence-electron chi connectivity index (χ3n) is 4.78. The molecule has 2 heterocycles. The monoisotopic (exact) mass is 407 g/mol. The maximum Gasteiger partial charge on any atom is 0.327 e. The van der Waals surface area contributed by atoms with Crippen LogP contribution in [0.4, 0.5) is 5.82 Å². The molecule has 4 rings (SSSR count). The average Bonchev–Trinajstić information content (AvgIpc) is 3.36. The third-order valence-corrected chi connectivity index (χ3v) is 5.11. The molecule has 29 heavy (non-hydrogen) atoms. The van der Waals surface area contributed by atoms with Gasteiger partial charge in [-0.3, -0.25) is 9.55 Å². The summed E-state index contributed by atoms with van der Waals surface area (Å²) in [6.07, 6.45) is 6.25. The summed E-state index contributed by atoms with van der Waals surface area (Å²) < 4.78 is 3.76. The maximum absolute atomic E-state index is 12.8. The van der Waals surface area contributed by atoms with Gasteiger partial charge in [0, 0.05) is 37.6 Å². The zero-order chi connectivity index (χ0) is 20.1. The van der Waals surface area contributed by atoms with Crippen molar-refractivity contribution in [2.75, 3.05) is 5.32 Å². The van der Waals surface area contributed by atoms with Crippen molar-refractivity contribution in [3.8, 4) is 11.3 Å². The van der Waals surface area contributed by atoms with Gasteiger partial charge in [0.2, 0.25) is 0 Å². The molecule has 0 spiro atoms. The van der Waals surface area contributed by atoms with Gasteiger partial charge < -0.3 is 9.88 Å². The summed E-state index contributed by atoms with van der Waals surface area (Å²) in [5.74, 6) is 0.676. The molecule has 0 aliphatic rings. The summed E-state index contributed by atoms with van der Waals surface area (Å²) in [6, 6.07) is 17.6. The van der Waals surface area contributed by atoms with E-state index < -0.39 is 0 Å². The Morgan fingerprint density at radius 3 is 2.59 bits per heavy atom. The molecule has 0 aliphatic carbocycles. The number of aromatic amines is 1. The van der Waals surface area contributed by atoms with Gasteiger partial charge in [0.1, 0.15) is 5.82 Å². The quantitative estimate of drug-likeness (QED) is 0.455. The van der Waals surface area contributed by atoms with Crippen LogP contribution in [0.5, 0.6) is 0 Å². The van der Waals surface area contributed by atoms with E-state index >= 15 is 0 Å². The number of aromatic nitrogens is 4. The lowest BCUT2D eigenvalue weighted by atomic mass is 10.1. The Hall–Kier alpha value is -3.25. The van der Waals surface area contributed by atoms with Gasteiger partial charge in [-0.05, 0) is 18.1 Å². The van der Waals surface area contributed by atoms with Crippen LogP contribution in [0.15, 0.2) is 78.1 Å². The highest BCUT2D eigenvalue weighted by molar-refractivity contribution is 6.33. The molecule has 148 valence electrons. The summed E-state index contributed by atoms with van der Waals surface area (Å²) in [7, 11) is 0. The number of anilines is 1. The number of hydrogen-bond donors (Lipinski definition) is 2. The molecule has 0 radical (unpaired) electrons. The molecule has 0 atom stereocenters. The standard InChI is InChI=1S/C22H22ClN5O/c23-19-10-5-4-9-18(19)20-21(25-15-17-7-2-1-3-8-17)26-22(29)28(20)13-6-12-27-14-11-24-16-27/h1-5,7-11,14,16,25H,6,12-13,15H2,(H,26,29). The van der Waals surface area contributed by atoms with Crippen molar-refractivity contribution in [3.05, 3.63) is 94.4 Å². The fourth-order valence-electron chi connectivity index (χ4n) is 3.36. The van der Waals surface area contributed by atoms with Crippen molar-refractivity contribution in [2.24, 2.45) is 0 Å².